The van der Waals surface area contributed by atoms with Crippen LogP contribution in [0.5, 0.6) is 0 Å². The highest BCUT2D eigenvalue weighted by molar-refractivity contribution is 5.89. The molecule has 0 heterocycles. The van der Waals surface area contributed by atoms with Gasteiger partial charge in [-0.3, -0.25) is 9.59 Å². The van der Waals surface area contributed by atoms with Gasteiger partial charge >= 0.3 is 5.97 Å². The molecule has 0 spiro atoms. The number of carbonyl (C=O) groups excluding carboxylic acids is 2. The summed E-state index contributed by atoms with van der Waals surface area (Å²) in [6, 6.07) is 0. The maximum absolute atomic E-state index is 13.1. The lowest BCUT2D eigenvalue weighted by Crippen LogP contribution is -2.52. The van der Waals surface area contributed by atoms with Crippen LogP contribution in [0.25, 0.3) is 0 Å². The van der Waals surface area contributed by atoms with Gasteiger partial charge in [-0.25, -0.2) is 0 Å². The van der Waals surface area contributed by atoms with Crippen molar-refractivity contribution in [3.05, 3.63) is 23.5 Å². The van der Waals surface area contributed by atoms with Gasteiger partial charge in [0.2, 0.25) is 0 Å². The first-order chi connectivity index (χ1) is 14.0. The van der Waals surface area contributed by atoms with Gasteiger partial charge in [-0.05, 0) is 82.3 Å². The zero-order chi connectivity index (χ0) is 21.9. The third-order valence-electron chi connectivity index (χ3n) is 8.61. The van der Waals surface area contributed by atoms with Crippen LogP contribution in [0, 0.1) is 34.0 Å². The maximum Gasteiger partial charge on any atom is 0.311 e. The largest absolute Gasteiger partial charge is 0.498 e. The van der Waals surface area contributed by atoms with Gasteiger partial charge < -0.3 is 9.47 Å². The van der Waals surface area contributed by atoms with Crippen LogP contribution in [0.1, 0.15) is 80.1 Å². The zero-order valence-corrected chi connectivity index (χ0v) is 19.5. The molecule has 4 heteroatoms. The lowest BCUT2D eigenvalue weighted by atomic mass is 9.48. The molecule has 4 rings (SSSR count). The number of ketones is 1. The first-order valence-corrected chi connectivity index (χ1v) is 11.8. The van der Waals surface area contributed by atoms with Gasteiger partial charge in [0, 0.05) is 24.2 Å². The number of hydrogen-bond donors (Lipinski definition) is 0. The number of allylic oxidation sites excluding steroid dienone is 4. The number of fused-ring (bicyclic) bond motifs is 5. The summed E-state index contributed by atoms with van der Waals surface area (Å²) in [6.07, 6.45) is 9.78. The molecule has 0 saturated heterocycles. The fourth-order valence-electron chi connectivity index (χ4n) is 6.84. The monoisotopic (exact) mass is 414 g/mol. The van der Waals surface area contributed by atoms with Crippen molar-refractivity contribution in [2.75, 3.05) is 6.61 Å². The second-order valence-corrected chi connectivity index (χ2v) is 11.4. The van der Waals surface area contributed by atoms with Crippen LogP contribution in [0.2, 0.25) is 0 Å². The van der Waals surface area contributed by atoms with Gasteiger partial charge in [0.1, 0.15) is 11.9 Å². The Labute approximate surface area is 181 Å². The van der Waals surface area contributed by atoms with Gasteiger partial charge in [-0.15, -0.1) is 0 Å². The normalized spacial score (nSPS) is 40.5. The summed E-state index contributed by atoms with van der Waals surface area (Å²) in [5.74, 6) is 2.25. The van der Waals surface area contributed by atoms with Crippen LogP contribution < -0.4 is 0 Å². The zero-order valence-electron chi connectivity index (χ0n) is 19.5. The third-order valence-corrected chi connectivity index (χ3v) is 8.61. The second kappa shape index (κ2) is 7.24. The van der Waals surface area contributed by atoms with Gasteiger partial charge in [0.25, 0.3) is 0 Å². The Balaban J connectivity index is 1.66. The van der Waals surface area contributed by atoms with Crippen LogP contribution in [0.15, 0.2) is 23.5 Å². The van der Waals surface area contributed by atoms with Crippen molar-refractivity contribution >= 4 is 11.8 Å². The molecule has 4 aliphatic carbocycles. The Kier molecular flexibility index (Phi) is 5.22. The Bertz CT molecular complexity index is 800. The molecule has 0 bridgehead atoms. The Morgan fingerprint density at radius 3 is 2.60 bits per heavy atom. The summed E-state index contributed by atoms with van der Waals surface area (Å²) in [7, 11) is 0. The highest BCUT2D eigenvalue weighted by Crippen LogP contribution is 2.64. The average Bonchev–Trinajstić information content (AvgIpc) is 2.92. The van der Waals surface area contributed by atoms with E-state index in [2.05, 4.69) is 26.0 Å². The molecule has 4 aliphatic rings. The highest BCUT2D eigenvalue weighted by atomic mass is 16.5. The van der Waals surface area contributed by atoms with E-state index in [1.54, 1.807) is 0 Å². The minimum Gasteiger partial charge on any atom is -0.498 e. The summed E-state index contributed by atoms with van der Waals surface area (Å²) >= 11 is 0. The summed E-state index contributed by atoms with van der Waals surface area (Å²) in [5.41, 5.74) is 0.627. The van der Waals surface area contributed by atoms with Crippen LogP contribution in [0.4, 0.5) is 0 Å². The van der Waals surface area contributed by atoms with Crippen LogP contribution in [-0.2, 0) is 19.1 Å². The molecule has 2 saturated carbocycles. The molecular weight excluding hydrogens is 376 g/mol. The molecule has 0 radical (unpaired) electrons. The van der Waals surface area contributed by atoms with Gasteiger partial charge in [-0.2, -0.15) is 0 Å². The van der Waals surface area contributed by atoms with Crippen molar-refractivity contribution < 1.29 is 19.1 Å². The van der Waals surface area contributed by atoms with E-state index in [0.29, 0.717) is 30.6 Å². The molecular formula is C26H38O4. The van der Waals surface area contributed by atoms with Crippen molar-refractivity contribution in [1.82, 2.24) is 0 Å². The van der Waals surface area contributed by atoms with E-state index >= 15 is 0 Å². The van der Waals surface area contributed by atoms with Gasteiger partial charge in [-0.1, -0.05) is 19.9 Å². The number of esters is 1. The van der Waals surface area contributed by atoms with E-state index in [1.807, 2.05) is 27.7 Å². The topological polar surface area (TPSA) is 52.6 Å². The average molecular weight is 415 g/mol. The Morgan fingerprint density at radius 1 is 1.20 bits per heavy atom. The first-order valence-electron chi connectivity index (χ1n) is 11.8. The van der Waals surface area contributed by atoms with Crippen LogP contribution in [-0.4, -0.2) is 24.5 Å². The molecule has 0 aromatic carbocycles. The summed E-state index contributed by atoms with van der Waals surface area (Å²) in [5, 5.41) is 0. The molecule has 0 aromatic rings. The predicted molar refractivity (Wildman–Crippen MR) is 117 cm³/mol. The molecule has 30 heavy (non-hydrogen) atoms. The van der Waals surface area contributed by atoms with E-state index in [4.69, 9.17) is 9.47 Å². The Hall–Kier alpha value is -1.58. The SMILES string of the molecule is CCOC1=CC2=CC[C@H]3[C@@H]4[C@@H](OC(=O)C(C)(C)C)CC(=O)[C@@]4(C)CC[C@@H]3[C@@]2(C)CC1. The first kappa shape index (κ1) is 21.6. The molecule has 6 atom stereocenters. The molecule has 0 N–H and O–H groups in total. The molecule has 0 amide bonds. The molecule has 0 unspecified atom stereocenters. The Morgan fingerprint density at radius 2 is 1.93 bits per heavy atom. The smallest absolute Gasteiger partial charge is 0.311 e. The molecule has 4 nitrogen and oxygen atoms in total. The fraction of sp³-hybridized carbons (Fsp3) is 0.769. The second-order valence-electron chi connectivity index (χ2n) is 11.4. The minimum atomic E-state index is -0.550. The number of rotatable bonds is 3. The summed E-state index contributed by atoms with van der Waals surface area (Å²) < 4.78 is 11.9. The standard InChI is InChI=1S/C26H38O4/c1-7-29-17-10-12-25(5)16(14-17)8-9-18-19(25)11-13-26(6)21(27)15-20(22(18)26)30-23(28)24(2,3)4/h8,14,18-20,22H,7,9-13,15H2,1-6H3/t18-,19+,20+,22-,25+,26-/m1/s1. The molecule has 166 valence electrons. The van der Waals surface area contributed by atoms with E-state index < -0.39 is 5.41 Å². The lowest BCUT2D eigenvalue weighted by Gasteiger charge is -2.56. The minimum absolute atomic E-state index is 0.120. The van der Waals surface area contributed by atoms with Gasteiger partial charge in [0.05, 0.1) is 17.8 Å². The number of ether oxygens (including phenoxy) is 2. The van der Waals surface area contributed by atoms with Crippen molar-refractivity contribution in [2.24, 2.45) is 34.0 Å². The van der Waals surface area contributed by atoms with E-state index in [9.17, 15) is 9.59 Å². The quantitative estimate of drug-likeness (QED) is 0.563. The fourth-order valence-corrected chi connectivity index (χ4v) is 6.84. The van der Waals surface area contributed by atoms with E-state index in [-0.39, 0.29) is 28.8 Å². The summed E-state index contributed by atoms with van der Waals surface area (Å²) in [6.45, 7) is 13.0. The molecule has 2 fully saturated rings. The lowest BCUT2D eigenvalue weighted by molar-refractivity contribution is -0.166. The number of Topliss-reactive ketones (excluding diaryl/α,β-unsaturated/α-hetero) is 1. The van der Waals surface area contributed by atoms with Crippen LogP contribution in [0.3, 0.4) is 0 Å². The third kappa shape index (κ3) is 3.26. The van der Waals surface area contributed by atoms with Gasteiger partial charge in [0.15, 0.2) is 0 Å². The predicted octanol–water partition coefficient (Wildman–Crippen LogP) is 5.62. The molecule has 0 aromatic heterocycles. The number of hydrogen-bond acceptors (Lipinski definition) is 4. The maximum atomic E-state index is 13.1. The van der Waals surface area contributed by atoms with Crippen molar-refractivity contribution in [3.8, 4) is 0 Å². The van der Waals surface area contributed by atoms with Crippen molar-refractivity contribution in [2.45, 2.75) is 86.2 Å². The van der Waals surface area contributed by atoms with Crippen molar-refractivity contribution in [1.29, 1.82) is 0 Å². The van der Waals surface area contributed by atoms with E-state index in [0.717, 1.165) is 37.9 Å². The van der Waals surface area contributed by atoms with Crippen LogP contribution >= 0.6 is 0 Å². The van der Waals surface area contributed by atoms with Crippen molar-refractivity contribution in [3.63, 3.8) is 0 Å². The summed E-state index contributed by atoms with van der Waals surface area (Å²) in [4.78, 5) is 25.8. The highest BCUT2D eigenvalue weighted by Gasteiger charge is 2.62. The molecule has 0 aliphatic heterocycles. The number of carbonyl (C=O) groups is 2. The van der Waals surface area contributed by atoms with E-state index in [1.165, 1.54) is 5.57 Å².